The molecule has 2 heterocycles. The molecule has 1 fully saturated rings. The van der Waals surface area contributed by atoms with Crippen LogP contribution in [0.3, 0.4) is 0 Å². The highest BCUT2D eigenvalue weighted by atomic mass is 19.1. The fourth-order valence-electron chi connectivity index (χ4n) is 4.70. The summed E-state index contributed by atoms with van der Waals surface area (Å²) in [7, 11) is 3.26. The van der Waals surface area contributed by atoms with E-state index >= 15 is 0 Å². The van der Waals surface area contributed by atoms with Crippen molar-refractivity contribution in [2.24, 2.45) is 13.0 Å². The van der Waals surface area contributed by atoms with E-state index in [1.54, 1.807) is 41.8 Å². The average Bonchev–Trinajstić information content (AvgIpc) is 3.19. The van der Waals surface area contributed by atoms with Gasteiger partial charge in [0.15, 0.2) is 0 Å². The summed E-state index contributed by atoms with van der Waals surface area (Å²) in [5, 5.41) is 0.501. The lowest BCUT2D eigenvalue weighted by Crippen LogP contribution is -2.39. The highest BCUT2D eigenvalue weighted by Gasteiger charge is 2.28. The molecule has 0 atom stereocenters. The van der Waals surface area contributed by atoms with Crippen LogP contribution in [0.15, 0.2) is 42.6 Å². The summed E-state index contributed by atoms with van der Waals surface area (Å²) in [5.41, 5.74) is 2.30. The Hall–Kier alpha value is -3.68. The first-order chi connectivity index (χ1) is 16.8. The van der Waals surface area contributed by atoms with Crippen LogP contribution in [0.5, 0.6) is 5.75 Å². The second kappa shape index (κ2) is 10.3. The van der Waals surface area contributed by atoms with E-state index in [2.05, 4.69) is 0 Å². The van der Waals surface area contributed by atoms with Crippen molar-refractivity contribution in [2.45, 2.75) is 26.2 Å². The summed E-state index contributed by atoms with van der Waals surface area (Å²) >= 11 is 0. The Morgan fingerprint density at radius 2 is 1.74 bits per heavy atom. The van der Waals surface area contributed by atoms with E-state index in [0.29, 0.717) is 41.2 Å². The van der Waals surface area contributed by atoms with E-state index in [1.807, 2.05) is 12.1 Å². The molecule has 0 N–H and O–H groups in total. The van der Waals surface area contributed by atoms with Crippen LogP contribution in [-0.4, -0.2) is 53.9 Å². The van der Waals surface area contributed by atoms with Gasteiger partial charge in [-0.15, -0.1) is 0 Å². The minimum Gasteiger partial charge on any atom is -0.496 e. The van der Waals surface area contributed by atoms with Crippen molar-refractivity contribution in [3.05, 3.63) is 65.1 Å². The van der Waals surface area contributed by atoms with Crippen molar-refractivity contribution in [3.8, 4) is 5.75 Å². The maximum atomic E-state index is 13.5. The maximum Gasteiger partial charge on any atom is 0.379 e. The molecule has 4 rings (SSSR count). The van der Waals surface area contributed by atoms with Crippen molar-refractivity contribution in [3.63, 3.8) is 0 Å². The Morgan fingerprint density at radius 3 is 2.37 bits per heavy atom. The van der Waals surface area contributed by atoms with E-state index in [1.165, 1.54) is 19.2 Å². The van der Waals surface area contributed by atoms with Gasteiger partial charge < -0.3 is 18.9 Å². The first kappa shape index (κ1) is 24.4. The average molecular weight is 481 g/mol. The molecule has 184 valence electrons. The molecular weight excluding hydrogens is 451 g/mol. The van der Waals surface area contributed by atoms with Crippen LogP contribution in [0.1, 0.15) is 46.0 Å². The second-order valence-electron chi connectivity index (χ2n) is 8.84. The Balaban J connectivity index is 1.55. The summed E-state index contributed by atoms with van der Waals surface area (Å²) < 4.78 is 25.3. The van der Waals surface area contributed by atoms with E-state index in [4.69, 9.17) is 9.47 Å². The number of methoxy groups -OCH3 is 1. The molecule has 8 heteroatoms. The van der Waals surface area contributed by atoms with E-state index < -0.39 is 11.8 Å². The third kappa shape index (κ3) is 5.06. The zero-order valence-corrected chi connectivity index (χ0v) is 20.2. The summed E-state index contributed by atoms with van der Waals surface area (Å²) in [6.45, 7) is 2.92. The Labute approximate surface area is 203 Å². The largest absolute Gasteiger partial charge is 0.496 e. The minimum absolute atomic E-state index is 0.101. The smallest absolute Gasteiger partial charge is 0.379 e. The van der Waals surface area contributed by atoms with Crippen molar-refractivity contribution >= 4 is 28.6 Å². The molecule has 0 unspecified atom stereocenters. The lowest BCUT2D eigenvalue weighted by Gasteiger charge is -2.32. The maximum absolute atomic E-state index is 13.5. The summed E-state index contributed by atoms with van der Waals surface area (Å²) in [5.74, 6) is -1.27. The zero-order valence-electron chi connectivity index (χ0n) is 20.2. The van der Waals surface area contributed by atoms with Crippen molar-refractivity contribution < 1.29 is 28.2 Å². The standard InChI is InChI=1S/C27H29FN2O5/c1-4-35-27(33)25(31)22-16-29(2)23-15-24(34-3)21(14-20(22)23)26(32)30-11-9-18(10-12-30)13-17-5-7-19(28)8-6-17/h5-8,14-16,18H,4,9-13H2,1-3H3. The number of hydrogen-bond donors (Lipinski definition) is 0. The number of likely N-dealkylation sites (tertiary alicyclic amines) is 1. The molecule has 1 aliphatic heterocycles. The second-order valence-corrected chi connectivity index (χ2v) is 8.84. The van der Waals surface area contributed by atoms with Gasteiger partial charge in [-0.2, -0.15) is 0 Å². The van der Waals surface area contributed by atoms with E-state index in [9.17, 15) is 18.8 Å². The molecule has 1 saturated heterocycles. The molecule has 1 aromatic heterocycles. The number of halogens is 1. The van der Waals surface area contributed by atoms with Crippen LogP contribution in [0.2, 0.25) is 0 Å². The van der Waals surface area contributed by atoms with Gasteiger partial charge in [0.25, 0.3) is 11.7 Å². The topological polar surface area (TPSA) is 77.8 Å². The van der Waals surface area contributed by atoms with Gasteiger partial charge in [-0.25, -0.2) is 9.18 Å². The van der Waals surface area contributed by atoms with Crippen LogP contribution in [-0.2, 0) is 23.0 Å². The van der Waals surface area contributed by atoms with Gasteiger partial charge in [0.05, 0.1) is 30.4 Å². The molecule has 0 bridgehead atoms. The number of aromatic nitrogens is 1. The van der Waals surface area contributed by atoms with Crippen LogP contribution >= 0.6 is 0 Å². The number of benzene rings is 2. The molecule has 1 aliphatic rings. The number of Topliss-reactive ketones (excluding diaryl/α,β-unsaturated/α-hetero) is 1. The molecule has 0 aliphatic carbocycles. The van der Waals surface area contributed by atoms with Crippen LogP contribution in [0.4, 0.5) is 4.39 Å². The predicted octanol–water partition coefficient (Wildman–Crippen LogP) is 4.17. The first-order valence-electron chi connectivity index (χ1n) is 11.7. The monoisotopic (exact) mass is 480 g/mol. The molecule has 35 heavy (non-hydrogen) atoms. The summed E-state index contributed by atoms with van der Waals surface area (Å²) in [6, 6.07) is 9.91. The fraction of sp³-hybridized carbons (Fsp3) is 0.370. The molecule has 7 nitrogen and oxygen atoms in total. The number of ketones is 1. The molecule has 0 spiro atoms. The summed E-state index contributed by atoms with van der Waals surface area (Å²) in [6.07, 6.45) is 4.09. The molecule has 3 aromatic rings. The highest BCUT2D eigenvalue weighted by Crippen LogP contribution is 2.32. The molecule has 0 saturated carbocycles. The molecular formula is C27H29FN2O5. The third-order valence-electron chi connectivity index (χ3n) is 6.59. The lowest BCUT2D eigenvalue weighted by atomic mass is 9.90. The van der Waals surface area contributed by atoms with Gasteiger partial charge in [0.2, 0.25) is 0 Å². The van der Waals surface area contributed by atoms with Crippen LogP contribution in [0.25, 0.3) is 10.9 Å². The van der Waals surface area contributed by atoms with Gasteiger partial charge in [0.1, 0.15) is 11.6 Å². The van der Waals surface area contributed by atoms with E-state index in [-0.39, 0.29) is 23.9 Å². The van der Waals surface area contributed by atoms with Crippen molar-refractivity contribution in [1.29, 1.82) is 0 Å². The van der Waals surface area contributed by atoms with Gasteiger partial charge in [-0.3, -0.25) is 9.59 Å². The van der Waals surface area contributed by atoms with Gasteiger partial charge in [0, 0.05) is 37.8 Å². The quantitative estimate of drug-likeness (QED) is 0.288. The lowest BCUT2D eigenvalue weighted by molar-refractivity contribution is -0.137. The molecule has 2 aromatic carbocycles. The Kier molecular flexibility index (Phi) is 7.19. The number of ether oxygens (including phenoxy) is 2. The number of aryl methyl sites for hydroxylation is 1. The first-order valence-corrected chi connectivity index (χ1v) is 11.7. The van der Waals surface area contributed by atoms with Gasteiger partial charge in [-0.05, 0) is 55.9 Å². The van der Waals surface area contributed by atoms with Crippen molar-refractivity contribution in [1.82, 2.24) is 9.47 Å². The van der Waals surface area contributed by atoms with Crippen LogP contribution < -0.4 is 4.74 Å². The number of nitrogens with zero attached hydrogens (tertiary/aromatic N) is 2. The van der Waals surface area contributed by atoms with Crippen LogP contribution in [0, 0.1) is 11.7 Å². The zero-order chi connectivity index (χ0) is 25.1. The Morgan fingerprint density at radius 1 is 1.06 bits per heavy atom. The number of piperidine rings is 1. The van der Waals surface area contributed by atoms with Crippen molar-refractivity contribution in [2.75, 3.05) is 26.8 Å². The van der Waals surface area contributed by atoms with E-state index in [0.717, 1.165) is 24.8 Å². The SMILES string of the molecule is CCOC(=O)C(=O)c1cn(C)c2cc(OC)c(C(=O)N3CCC(Cc4ccc(F)cc4)CC3)cc12. The number of esters is 1. The highest BCUT2D eigenvalue weighted by molar-refractivity contribution is 6.43. The third-order valence-corrected chi connectivity index (χ3v) is 6.59. The predicted molar refractivity (Wildman–Crippen MR) is 129 cm³/mol. The van der Waals surface area contributed by atoms with Gasteiger partial charge in [-0.1, -0.05) is 12.1 Å². The minimum atomic E-state index is -0.924. The number of amides is 1. The number of carbonyl (C=O) groups is 3. The molecule has 0 radical (unpaired) electrons. The number of carbonyl (C=O) groups excluding carboxylic acids is 3. The fourth-order valence-corrected chi connectivity index (χ4v) is 4.70. The molecule has 1 amide bonds. The van der Waals surface area contributed by atoms with Gasteiger partial charge >= 0.3 is 5.97 Å². The normalized spacial score (nSPS) is 14.2. The number of fused-ring (bicyclic) bond motifs is 1. The summed E-state index contributed by atoms with van der Waals surface area (Å²) in [4.78, 5) is 40.0. The number of rotatable bonds is 7. The Bertz CT molecular complexity index is 1260. The number of hydrogen-bond acceptors (Lipinski definition) is 5.